The Morgan fingerprint density at radius 2 is 1.65 bits per heavy atom. The highest BCUT2D eigenvalue weighted by atomic mass is 16.5. The first-order valence-corrected chi connectivity index (χ1v) is 8.86. The van der Waals surface area contributed by atoms with Gasteiger partial charge in [0, 0.05) is 16.5 Å². The minimum absolute atomic E-state index is 0.0703. The highest BCUT2D eigenvalue weighted by molar-refractivity contribution is 5.55. The zero-order chi connectivity index (χ0) is 17.3. The molecule has 0 bridgehead atoms. The van der Waals surface area contributed by atoms with Crippen molar-refractivity contribution in [3.05, 3.63) is 52.6 Å². The molecule has 0 amide bonds. The van der Waals surface area contributed by atoms with Crippen LogP contribution in [0.3, 0.4) is 0 Å². The molecule has 126 valence electrons. The molecule has 1 nitrogen and oxygen atoms in total. The van der Waals surface area contributed by atoms with Crippen molar-refractivity contribution < 1.29 is 4.74 Å². The fourth-order valence-electron chi connectivity index (χ4n) is 3.97. The van der Waals surface area contributed by atoms with Crippen LogP contribution in [0.4, 0.5) is 0 Å². The number of rotatable bonds is 5. The molecular formula is C22H32O. The molecule has 0 radical (unpaired) electrons. The third kappa shape index (κ3) is 3.11. The van der Waals surface area contributed by atoms with E-state index in [-0.39, 0.29) is 10.8 Å². The SMILES string of the molecule is CCC(CC)(C1=CC=CC1)c1cc(C)cc(C(C)(C)C)c1OC. The zero-order valence-electron chi connectivity index (χ0n) is 15.9. The van der Waals surface area contributed by atoms with Crippen molar-refractivity contribution in [1.82, 2.24) is 0 Å². The van der Waals surface area contributed by atoms with Gasteiger partial charge in [-0.15, -0.1) is 0 Å². The van der Waals surface area contributed by atoms with E-state index in [0.29, 0.717) is 0 Å². The Morgan fingerprint density at radius 1 is 1.04 bits per heavy atom. The lowest BCUT2D eigenvalue weighted by molar-refractivity contribution is 0.368. The van der Waals surface area contributed by atoms with Crippen molar-refractivity contribution in [2.75, 3.05) is 7.11 Å². The van der Waals surface area contributed by atoms with Crippen LogP contribution >= 0.6 is 0 Å². The van der Waals surface area contributed by atoms with Gasteiger partial charge in [0.1, 0.15) is 5.75 Å². The van der Waals surface area contributed by atoms with Crippen molar-refractivity contribution in [1.29, 1.82) is 0 Å². The molecule has 0 aromatic heterocycles. The molecule has 23 heavy (non-hydrogen) atoms. The lowest BCUT2D eigenvalue weighted by Crippen LogP contribution is -2.29. The first kappa shape index (κ1) is 17.8. The van der Waals surface area contributed by atoms with E-state index in [1.807, 2.05) is 7.11 Å². The Kier molecular flexibility index (Phi) is 5.08. The van der Waals surface area contributed by atoms with Crippen LogP contribution in [-0.4, -0.2) is 7.11 Å². The number of allylic oxidation sites excluding steroid dienone is 4. The quantitative estimate of drug-likeness (QED) is 0.625. The number of aryl methyl sites for hydroxylation is 1. The van der Waals surface area contributed by atoms with Gasteiger partial charge in [-0.25, -0.2) is 0 Å². The minimum Gasteiger partial charge on any atom is -0.496 e. The molecule has 1 aromatic carbocycles. The van der Waals surface area contributed by atoms with Gasteiger partial charge in [-0.05, 0) is 31.6 Å². The van der Waals surface area contributed by atoms with E-state index in [4.69, 9.17) is 4.74 Å². The molecule has 1 aliphatic rings. The molecule has 1 aliphatic carbocycles. The molecule has 0 fully saturated rings. The largest absolute Gasteiger partial charge is 0.496 e. The number of hydrogen-bond acceptors (Lipinski definition) is 1. The molecule has 0 atom stereocenters. The van der Waals surface area contributed by atoms with Crippen LogP contribution in [0.25, 0.3) is 0 Å². The van der Waals surface area contributed by atoms with Gasteiger partial charge in [0.25, 0.3) is 0 Å². The Bertz CT molecular complexity index is 622. The first-order valence-electron chi connectivity index (χ1n) is 8.86. The predicted octanol–water partition coefficient (Wildman–Crippen LogP) is 6.25. The first-order chi connectivity index (χ1) is 10.8. The van der Waals surface area contributed by atoms with Gasteiger partial charge >= 0.3 is 0 Å². The summed E-state index contributed by atoms with van der Waals surface area (Å²) in [5.41, 5.74) is 5.66. The maximum atomic E-state index is 5.98. The van der Waals surface area contributed by atoms with Gasteiger partial charge in [0.2, 0.25) is 0 Å². The molecular weight excluding hydrogens is 280 g/mol. The van der Waals surface area contributed by atoms with Gasteiger partial charge < -0.3 is 4.74 Å². The molecule has 0 N–H and O–H groups in total. The highest BCUT2D eigenvalue weighted by Crippen LogP contribution is 2.48. The molecule has 1 heteroatoms. The summed E-state index contributed by atoms with van der Waals surface area (Å²) in [5, 5.41) is 0. The van der Waals surface area contributed by atoms with Crippen LogP contribution < -0.4 is 4.74 Å². The van der Waals surface area contributed by atoms with E-state index in [1.165, 1.54) is 22.3 Å². The summed E-state index contributed by atoms with van der Waals surface area (Å²) in [6.45, 7) is 13.6. The van der Waals surface area contributed by atoms with Crippen LogP contribution in [0.1, 0.15) is 70.6 Å². The smallest absolute Gasteiger partial charge is 0.126 e. The van der Waals surface area contributed by atoms with E-state index in [2.05, 4.69) is 71.9 Å². The van der Waals surface area contributed by atoms with Crippen molar-refractivity contribution in [2.24, 2.45) is 0 Å². The van der Waals surface area contributed by atoms with Crippen molar-refractivity contribution >= 4 is 0 Å². The fourth-order valence-corrected chi connectivity index (χ4v) is 3.97. The van der Waals surface area contributed by atoms with Crippen LogP contribution in [0, 0.1) is 6.92 Å². The van der Waals surface area contributed by atoms with Gasteiger partial charge in [-0.3, -0.25) is 0 Å². The van der Waals surface area contributed by atoms with Gasteiger partial charge in [-0.2, -0.15) is 0 Å². The second-order valence-corrected chi connectivity index (χ2v) is 7.76. The molecule has 0 unspecified atom stereocenters. The standard InChI is InChI=1S/C22H32O/c1-8-22(9-2,17-12-10-11-13-17)19-15-16(3)14-18(20(19)23-7)21(4,5)6/h10-12,14-15H,8-9,13H2,1-7H3. The minimum atomic E-state index is 0.0703. The Balaban J connectivity index is 2.76. The number of benzene rings is 1. The molecule has 1 aromatic rings. The Hall–Kier alpha value is -1.50. The van der Waals surface area contributed by atoms with Crippen molar-refractivity contribution in [3.8, 4) is 5.75 Å². The van der Waals surface area contributed by atoms with Crippen LogP contribution in [0.2, 0.25) is 0 Å². The molecule has 0 spiro atoms. The van der Waals surface area contributed by atoms with Crippen molar-refractivity contribution in [3.63, 3.8) is 0 Å². The van der Waals surface area contributed by atoms with E-state index in [0.717, 1.165) is 25.0 Å². The summed E-state index contributed by atoms with van der Waals surface area (Å²) in [7, 11) is 1.82. The van der Waals surface area contributed by atoms with E-state index in [1.54, 1.807) is 0 Å². The van der Waals surface area contributed by atoms with Crippen LogP contribution in [0.5, 0.6) is 5.75 Å². The average molecular weight is 312 g/mol. The monoisotopic (exact) mass is 312 g/mol. The zero-order valence-corrected chi connectivity index (χ0v) is 15.9. The van der Waals surface area contributed by atoms with Gasteiger partial charge in [0.15, 0.2) is 0 Å². The summed E-state index contributed by atoms with van der Waals surface area (Å²) < 4.78 is 5.98. The van der Waals surface area contributed by atoms with Gasteiger partial charge in [0.05, 0.1) is 7.11 Å². The summed E-state index contributed by atoms with van der Waals surface area (Å²) in [4.78, 5) is 0. The molecule has 0 saturated heterocycles. The third-order valence-electron chi connectivity index (χ3n) is 5.35. The molecule has 0 aliphatic heterocycles. The second kappa shape index (κ2) is 6.55. The predicted molar refractivity (Wildman–Crippen MR) is 101 cm³/mol. The van der Waals surface area contributed by atoms with Crippen LogP contribution in [-0.2, 0) is 10.8 Å². The van der Waals surface area contributed by atoms with Gasteiger partial charge in [-0.1, -0.05) is 76.1 Å². The maximum absolute atomic E-state index is 5.98. The topological polar surface area (TPSA) is 9.23 Å². The van der Waals surface area contributed by atoms with Crippen molar-refractivity contribution in [2.45, 2.75) is 71.6 Å². The van der Waals surface area contributed by atoms with Crippen LogP contribution in [0.15, 0.2) is 35.9 Å². The second-order valence-electron chi connectivity index (χ2n) is 7.76. The summed E-state index contributed by atoms with van der Waals surface area (Å²) in [5.74, 6) is 1.08. The van der Waals surface area contributed by atoms with E-state index >= 15 is 0 Å². The summed E-state index contributed by atoms with van der Waals surface area (Å²) >= 11 is 0. The maximum Gasteiger partial charge on any atom is 0.126 e. The number of methoxy groups -OCH3 is 1. The average Bonchev–Trinajstić information content (AvgIpc) is 3.02. The van der Waals surface area contributed by atoms with E-state index in [9.17, 15) is 0 Å². The lowest BCUT2D eigenvalue weighted by Gasteiger charge is -2.37. The summed E-state index contributed by atoms with van der Waals surface area (Å²) in [6, 6.07) is 4.64. The number of hydrogen-bond donors (Lipinski definition) is 0. The Morgan fingerprint density at radius 3 is 2.09 bits per heavy atom. The molecule has 0 heterocycles. The number of ether oxygens (including phenoxy) is 1. The Labute approximate surface area is 142 Å². The fraction of sp³-hybridized carbons (Fsp3) is 0.545. The molecule has 0 saturated carbocycles. The van der Waals surface area contributed by atoms with E-state index < -0.39 is 0 Å². The normalized spacial score (nSPS) is 15.0. The third-order valence-corrected chi connectivity index (χ3v) is 5.35. The summed E-state index contributed by atoms with van der Waals surface area (Å²) in [6.07, 6.45) is 10.0. The molecule has 2 rings (SSSR count). The lowest BCUT2D eigenvalue weighted by atomic mass is 9.67. The highest BCUT2D eigenvalue weighted by Gasteiger charge is 2.37.